The van der Waals surface area contributed by atoms with Crippen molar-refractivity contribution in [2.75, 3.05) is 7.05 Å². The van der Waals surface area contributed by atoms with Gasteiger partial charge < -0.3 is 5.11 Å². The number of nitrogens with zero attached hydrogens (tertiary/aromatic N) is 3. The molecule has 0 aliphatic heterocycles. The molecule has 5 nitrogen and oxygen atoms in total. The van der Waals surface area contributed by atoms with Crippen LogP contribution < -0.4 is 0 Å². The summed E-state index contributed by atoms with van der Waals surface area (Å²) in [5.41, 5.74) is 2.52. The molecule has 112 valence electrons. The summed E-state index contributed by atoms with van der Waals surface area (Å²) in [4.78, 5) is 12.8. The Balaban J connectivity index is 2.30. The number of carbonyl (C=O) groups is 1. The Labute approximate surface area is 128 Å². The molecule has 1 aromatic carbocycles. The van der Waals surface area contributed by atoms with Gasteiger partial charge in [0.15, 0.2) is 0 Å². The highest BCUT2D eigenvalue weighted by Gasteiger charge is 2.21. The molecule has 0 saturated heterocycles. The SMILES string of the molecule is Cc1nn(-c2ccccc2)c(Cl)c1CN(C)C(C)C(=O)O. The Morgan fingerprint density at radius 2 is 2.05 bits per heavy atom. The fraction of sp³-hybridized carbons (Fsp3) is 0.333. The Hall–Kier alpha value is -1.85. The predicted octanol–water partition coefficient (Wildman–Crippen LogP) is 2.74. The van der Waals surface area contributed by atoms with Gasteiger partial charge in [-0.1, -0.05) is 29.8 Å². The van der Waals surface area contributed by atoms with E-state index in [1.807, 2.05) is 37.3 Å². The van der Waals surface area contributed by atoms with E-state index in [0.717, 1.165) is 16.9 Å². The van der Waals surface area contributed by atoms with E-state index in [1.165, 1.54) is 0 Å². The molecular formula is C15H18ClN3O2. The summed E-state index contributed by atoms with van der Waals surface area (Å²) in [6.07, 6.45) is 0. The van der Waals surface area contributed by atoms with Gasteiger partial charge in [0.25, 0.3) is 0 Å². The standard InChI is InChI=1S/C15H18ClN3O2/c1-10-13(9-18(3)11(2)15(20)21)14(16)19(17-10)12-7-5-4-6-8-12/h4-8,11H,9H2,1-3H3,(H,20,21). The van der Waals surface area contributed by atoms with Crippen LogP contribution in [-0.4, -0.2) is 38.8 Å². The van der Waals surface area contributed by atoms with Gasteiger partial charge in [0, 0.05) is 12.1 Å². The lowest BCUT2D eigenvalue weighted by Crippen LogP contribution is -2.35. The monoisotopic (exact) mass is 307 g/mol. The first-order chi connectivity index (χ1) is 9.91. The molecule has 1 aromatic heterocycles. The number of halogens is 1. The van der Waals surface area contributed by atoms with Crippen molar-refractivity contribution in [3.63, 3.8) is 0 Å². The van der Waals surface area contributed by atoms with Crippen molar-refractivity contribution in [1.82, 2.24) is 14.7 Å². The number of para-hydroxylation sites is 1. The zero-order valence-corrected chi connectivity index (χ0v) is 13.0. The van der Waals surface area contributed by atoms with E-state index >= 15 is 0 Å². The smallest absolute Gasteiger partial charge is 0.320 e. The molecule has 2 rings (SSSR count). The first-order valence-electron chi connectivity index (χ1n) is 6.64. The van der Waals surface area contributed by atoms with Gasteiger partial charge in [-0.15, -0.1) is 0 Å². The highest BCUT2D eigenvalue weighted by Crippen LogP contribution is 2.25. The molecule has 0 radical (unpaired) electrons. The summed E-state index contributed by atoms with van der Waals surface area (Å²) in [6.45, 7) is 3.96. The molecule has 6 heteroatoms. The molecule has 0 aliphatic carbocycles. The Morgan fingerprint density at radius 1 is 1.43 bits per heavy atom. The second-order valence-corrected chi connectivity index (χ2v) is 5.39. The molecular weight excluding hydrogens is 290 g/mol. The summed E-state index contributed by atoms with van der Waals surface area (Å²) in [5.74, 6) is -0.860. The van der Waals surface area contributed by atoms with Crippen LogP contribution in [0.5, 0.6) is 0 Å². The van der Waals surface area contributed by atoms with Crippen LogP contribution in [0.15, 0.2) is 30.3 Å². The van der Waals surface area contributed by atoms with E-state index in [2.05, 4.69) is 5.10 Å². The molecule has 0 spiro atoms. The minimum atomic E-state index is -0.860. The Kier molecular flexibility index (Phi) is 4.65. The third kappa shape index (κ3) is 3.25. The largest absolute Gasteiger partial charge is 0.480 e. The highest BCUT2D eigenvalue weighted by molar-refractivity contribution is 6.30. The van der Waals surface area contributed by atoms with Gasteiger partial charge in [0.2, 0.25) is 0 Å². The lowest BCUT2D eigenvalue weighted by atomic mass is 10.2. The molecule has 1 N–H and O–H groups in total. The summed E-state index contributed by atoms with van der Waals surface area (Å²) < 4.78 is 1.67. The van der Waals surface area contributed by atoms with Crippen LogP contribution in [0.3, 0.4) is 0 Å². The average Bonchev–Trinajstić information content (AvgIpc) is 2.75. The number of hydrogen-bond acceptors (Lipinski definition) is 3. The maximum absolute atomic E-state index is 11.0. The highest BCUT2D eigenvalue weighted by atomic mass is 35.5. The Bertz CT molecular complexity index is 640. The van der Waals surface area contributed by atoms with Crippen molar-refractivity contribution in [3.05, 3.63) is 46.7 Å². The second-order valence-electron chi connectivity index (χ2n) is 5.03. The maximum atomic E-state index is 11.0. The van der Waals surface area contributed by atoms with E-state index in [0.29, 0.717) is 11.7 Å². The topological polar surface area (TPSA) is 58.4 Å². The summed E-state index contributed by atoms with van der Waals surface area (Å²) in [5, 5.41) is 14.0. The first kappa shape index (κ1) is 15.5. The number of benzene rings is 1. The van der Waals surface area contributed by atoms with Crippen LogP contribution in [0.4, 0.5) is 0 Å². The number of carboxylic acid groups (broad SMARTS) is 1. The maximum Gasteiger partial charge on any atom is 0.320 e. The number of aryl methyl sites for hydroxylation is 1. The molecule has 0 fully saturated rings. The molecule has 0 bridgehead atoms. The van der Waals surface area contributed by atoms with Crippen LogP contribution in [0.2, 0.25) is 5.15 Å². The van der Waals surface area contributed by atoms with Crippen LogP contribution in [0, 0.1) is 6.92 Å². The van der Waals surface area contributed by atoms with Crippen LogP contribution in [0.25, 0.3) is 5.69 Å². The molecule has 0 aliphatic rings. The number of aromatic nitrogens is 2. The fourth-order valence-corrected chi connectivity index (χ4v) is 2.36. The van der Waals surface area contributed by atoms with Crippen molar-refractivity contribution >= 4 is 17.6 Å². The van der Waals surface area contributed by atoms with Crippen LogP contribution in [-0.2, 0) is 11.3 Å². The summed E-state index contributed by atoms with van der Waals surface area (Å²) >= 11 is 6.42. The lowest BCUT2D eigenvalue weighted by Gasteiger charge is -2.20. The van der Waals surface area contributed by atoms with Gasteiger partial charge in [0.1, 0.15) is 11.2 Å². The number of hydrogen-bond donors (Lipinski definition) is 1. The Morgan fingerprint density at radius 3 is 2.62 bits per heavy atom. The molecule has 0 saturated carbocycles. The molecule has 21 heavy (non-hydrogen) atoms. The van der Waals surface area contributed by atoms with E-state index < -0.39 is 12.0 Å². The van der Waals surface area contributed by atoms with Gasteiger partial charge in [-0.05, 0) is 33.0 Å². The third-order valence-electron chi connectivity index (χ3n) is 3.55. The normalized spacial score (nSPS) is 12.6. The molecule has 1 atom stereocenters. The second kappa shape index (κ2) is 6.28. The van der Waals surface area contributed by atoms with E-state index in [1.54, 1.807) is 23.6 Å². The average molecular weight is 308 g/mol. The van der Waals surface area contributed by atoms with Crippen molar-refractivity contribution in [3.8, 4) is 5.69 Å². The van der Waals surface area contributed by atoms with Gasteiger partial charge >= 0.3 is 5.97 Å². The van der Waals surface area contributed by atoms with Crippen molar-refractivity contribution < 1.29 is 9.90 Å². The number of rotatable bonds is 5. The number of likely N-dealkylation sites (N-methyl/N-ethyl adjacent to an activating group) is 1. The van der Waals surface area contributed by atoms with E-state index in [4.69, 9.17) is 16.7 Å². The minimum absolute atomic E-state index is 0.435. The quantitative estimate of drug-likeness (QED) is 0.923. The molecule has 2 aromatic rings. The van der Waals surface area contributed by atoms with Gasteiger partial charge in [-0.2, -0.15) is 5.10 Å². The van der Waals surface area contributed by atoms with Crippen LogP contribution in [0.1, 0.15) is 18.2 Å². The summed E-state index contributed by atoms with van der Waals surface area (Å²) in [7, 11) is 1.76. The van der Waals surface area contributed by atoms with Gasteiger partial charge in [-0.25, -0.2) is 4.68 Å². The van der Waals surface area contributed by atoms with E-state index in [9.17, 15) is 4.79 Å². The van der Waals surface area contributed by atoms with Crippen molar-refractivity contribution in [2.24, 2.45) is 0 Å². The number of aliphatic carboxylic acids is 1. The van der Waals surface area contributed by atoms with Gasteiger partial charge in [0.05, 0.1) is 11.4 Å². The molecule has 0 amide bonds. The molecule has 1 heterocycles. The summed E-state index contributed by atoms with van der Waals surface area (Å²) in [6, 6.07) is 9.02. The minimum Gasteiger partial charge on any atom is -0.480 e. The fourth-order valence-electron chi connectivity index (χ4n) is 2.03. The molecule has 1 unspecified atom stereocenters. The van der Waals surface area contributed by atoms with E-state index in [-0.39, 0.29) is 0 Å². The van der Waals surface area contributed by atoms with Crippen molar-refractivity contribution in [1.29, 1.82) is 0 Å². The van der Waals surface area contributed by atoms with Crippen LogP contribution >= 0.6 is 11.6 Å². The lowest BCUT2D eigenvalue weighted by molar-refractivity contribution is -0.142. The number of carboxylic acids is 1. The zero-order chi connectivity index (χ0) is 15.6. The zero-order valence-electron chi connectivity index (χ0n) is 12.2. The van der Waals surface area contributed by atoms with Crippen molar-refractivity contribution in [2.45, 2.75) is 26.4 Å². The first-order valence-corrected chi connectivity index (χ1v) is 7.02. The third-order valence-corrected chi connectivity index (χ3v) is 3.94. The van der Waals surface area contributed by atoms with Gasteiger partial charge in [-0.3, -0.25) is 9.69 Å². The predicted molar refractivity (Wildman–Crippen MR) is 81.9 cm³/mol.